The summed E-state index contributed by atoms with van der Waals surface area (Å²) in [4.78, 5) is 0. The Morgan fingerprint density at radius 1 is 1.25 bits per heavy atom. The molecule has 4 heteroatoms. The van der Waals surface area contributed by atoms with Crippen molar-refractivity contribution in [2.45, 2.75) is 20.2 Å². The van der Waals surface area contributed by atoms with Gasteiger partial charge in [0.15, 0.2) is 0 Å². The predicted octanol–water partition coefficient (Wildman–Crippen LogP) is 2.09. The highest BCUT2D eigenvalue weighted by Crippen LogP contribution is 2.20. The zero-order valence-electron chi connectivity index (χ0n) is 4.54. The van der Waals surface area contributed by atoms with Crippen molar-refractivity contribution in [3.8, 4) is 0 Å². The van der Waals surface area contributed by atoms with Crippen LogP contribution < -0.4 is 0 Å². The molecule has 0 bridgehead atoms. The monoisotopic (exact) mass is 127 g/mol. The van der Waals surface area contributed by atoms with Crippen LogP contribution in [0.15, 0.2) is 0 Å². The van der Waals surface area contributed by atoms with E-state index in [4.69, 9.17) is 0 Å². The van der Waals surface area contributed by atoms with E-state index in [9.17, 15) is 13.2 Å². The van der Waals surface area contributed by atoms with E-state index >= 15 is 0 Å². The Labute approximate surface area is 45.4 Å². The van der Waals surface area contributed by atoms with Gasteiger partial charge in [0.05, 0.1) is 0 Å². The summed E-state index contributed by atoms with van der Waals surface area (Å²) in [7, 11) is 0. The first-order chi connectivity index (χ1) is 3.42. The van der Waals surface area contributed by atoms with E-state index in [0.717, 1.165) is 0 Å². The number of hydrogen-bond acceptors (Lipinski definition) is 1. The first kappa shape index (κ1) is 7.62. The Balaban J connectivity index is 3.39. The van der Waals surface area contributed by atoms with Gasteiger partial charge in [0, 0.05) is 0 Å². The van der Waals surface area contributed by atoms with Gasteiger partial charge in [0.25, 0.3) is 0 Å². The van der Waals surface area contributed by atoms with Crippen molar-refractivity contribution in [3.05, 3.63) is 6.10 Å². The molecular formula is C4H6F3O+. The number of hydrogen-bond donors (Lipinski definition) is 0. The Hall–Kier alpha value is -0.380. The van der Waals surface area contributed by atoms with E-state index < -0.39 is 6.36 Å². The van der Waals surface area contributed by atoms with Crippen LogP contribution in [0.25, 0.3) is 0 Å². The van der Waals surface area contributed by atoms with Gasteiger partial charge in [-0.05, 0) is 0 Å². The summed E-state index contributed by atoms with van der Waals surface area (Å²) in [6.07, 6.45) is -4.61. The van der Waals surface area contributed by atoms with Crippen LogP contribution in [-0.2, 0) is 4.74 Å². The molecule has 0 aliphatic rings. The van der Waals surface area contributed by atoms with E-state index in [1.54, 1.807) is 0 Å². The lowest BCUT2D eigenvalue weighted by molar-refractivity contribution is -0.317. The molecule has 0 fully saturated rings. The molecule has 1 nitrogen and oxygen atoms in total. The minimum Gasteiger partial charge on any atom is -0.141 e. The highest BCUT2D eigenvalue weighted by Gasteiger charge is 2.37. The Bertz CT molecular complexity index is 66.2. The number of ether oxygens (including phenoxy) is 1. The van der Waals surface area contributed by atoms with Crippen LogP contribution in [0.4, 0.5) is 13.2 Å². The van der Waals surface area contributed by atoms with Gasteiger partial charge < -0.3 is 0 Å². The second kappa shape index (κ2) is 2.26. The van der Waals surface area contributed by atoms with Crippen molar-refractivity contribution in [1.29, 1.82) is 0 Å². The molecule has 0 amide bonds. The molecule has 0 heterocycles. The molecule has 0 saturated carbocycles. The maximum atomic E-state index is 11.1. The van der Waals surface area contributed by atoms with Crippen LogP contribution in [0.5, 0.6) is 0 Å². The summed E-state index contributed by atoms with van der Waals surface area (Å²) in [5, 5.41) is 0. The van der Waals surface area contributed by atoms with Gasteiger partial charge in [-0.3, -0.25) is 0 Å². The minimum atomic E-state index is -4.52. The second-order valence-electron chi connectivity index (χ2n) is 1.46. The van der Waals surface area contributed by atoms with Crippen molar-refractivity contribution in [3.63, 3.8) is 0 Å². The van der Waals surface area contributed by atoms with Gasteiger partial charge in [-0.25, -0.2) is 0 Å². The fourth-order valence-electron chi connectivity index (χ4n) is 0.231. The van der Waals surface area contributed by atoms with Crippen molar-refractivity contribution in [1.82, 2.24) is 0 Å². The molecule has 0 aromatic carbocycles. The van der Waals surface area contributed by atoms with Gasteiger partial charge >= 0.3 is 6.36 Å². The van der Waals surface area contributed by atoms with Crippen LogP contribution in [0.2, 0.25) is 0 Å². The summed E-state index contributed by atoms with van der Waals surface area (Å²) in [5.41, 5.74) is 0. The molecule has 0 atom stereocenters. The molecule has 0 aromatic heterocycles. The van der Waals surface area contributed by atoms with Gasteiger partial charge in [-0.1, -0.05) is 4.74 Å². The molecule has 0 aromatic rings. The van der Waals surface area contributed by atoms with Crippen molar-refractivity contribution in [2.24, 2.45) is 0 Å². The van der Waals surface area contributed by atoms with Gasteiger partial charge in [0.2, 0.25) is 6.10 Å². The molecule has 0 N–H and O–H groups in total. The molecule has 0 aliphatic carbocycles. The maximum absolute atomic E-state index is 11.1. The van der Waals surface area contributed by atoms with E-state index in [0.29, 0.717) is 0 Å². The second-order valence-corrected chi connectivity index (χ2v) is 1.46. The van der Waals surface area contributed by atoms with Crippen LogP contribution in [0.1, 0.15) is 13.8 Å². The molecular weight excluding hydrogens is 121 g/mol. The molecule has 48 valence electrons. The highest BCUT2D eigenvalue weighted by atomic mass is 19.4. The maximum Gasteiger partial charge on any atom is 0.562 e. The topological polar surface area (TPSA) is 9.23 Å². The van der Waals surface area contributed by atoms with Crippen molar-refractivity contribution < 1.29 is 17.9 Å². The van der Waals surface area contributed by atoms with E-state index in [-0.39, 0.29) is 6.10 Å². The zero-order chi connectivity index (χ0) is 6.78. The van der Waals surface area contributed by atoms with Gasteiger partial charge in [0.1, 0.15) is 13.8 Å². The summed E-state index contributed by atoms with van der Waals surface area (Å²) in [6, 6.07) is 0. The Morgan fingerprint density at radius 2 is 1.62 bits per heavy atom. The Morgan fingerprint density at radius 3 is 1.62 bits per heavy atom. The van der Waals surface area contributed by atoms with E-state index in [1.807, 2.05) is 0 Å². The third-order valence-electron chi connectivity index (χ3n) is 0.320. The summed E-state index contributed by atoms with van der Waals surface area (Å²) < 4.78 is 36.5. The molecule has 0 radical (unpaired) electrons. The third kappa shape index (κ3) is 5.62. The first-order valence-electron chi connectivity index (χ1n) is 1.98. The average Bonchev–Trinajstić information content (AvgIpc) is 1.21. The number of rotatable bonds is 1. The zero-order valence-corrected chi connectivity index (χ0v) is 4.54. The normalized spacial score (nSPS) is 11.6. The van der Waals surface area contributed by atoms with E-state index in [1.165, 1.54) is 13.8 Å². The quantitative estimate of drug-likeness (QED) is 0.490. The van der Waals surface area contributed by atoms with Gasteiger partial charge in [-0.2, -0.15) is 0 Å². The smallest absolute Gasteiger partial charge is 0.141 e. The number of halogens is 3. The van der Waals surface area contributed by atoms with Crippen LogP contribution in [0.3, 0.4) is 0 Å². The lowest BCUT2D eigenvalue weighted by atomic mass is 10.5. The predicted molar refractivity (Wildman–Crippen MR) is 21.7 cm³/mol. The molecule has 0 aliphatic heterocycles. The standard InChI is InChI=1S/C4H6F3O/c1-3(2)8-4(5,6)7/h1-2H3/q+1. The molecule has 0 spiro atoms. The minimum absolute atomic E-state index is 0.0995. The summed E-state index contributed by atoms with van der Waals surface area (Å²) >= 11 is 0. The molecule has 0 unspecified atom stereocenters. The highest BCUT2D eigenvalue weighted by molar-refractivity contribution is 4.60. The molecule has 0 saturated heterocycles. The fourth-order valence-corrected chi connectivity index (χ4v) is 0.231. The molecule has 8 heavy (non-hydrogen) atoms. The van der Waals surface area contributed by atoms with Crippen LogP contribution >= 0.6 is 0 Å². The van der Waals surface area contributed by atoms with E-state index in [2.05, 4.69) is 4.74 Å². The SMILES string of the molecule is C[C+](C)OC(F)(F)F. The molecule has 0 rings (SSSR count). The van der Waals surface area contributed by atoms with Crippen LogP contribution in [0, 0.1) is 6.10 Å². The fraction of sp³-hybridized carbons (Fsp3) is 0.750. The average molecular weight is 127 g/mol. The lowest BCUT2D eigenvalue weighted by Crippen LogP contribution is -2.13. The van der Waals surface area contributed by atoms with Gasteiger partial charge in [-0.15, -0.1) is 13.2 Å². The van der Waals surface area contributed by atoms with Crippen molar-refractivity contribution in [2.75, 3.05) is 0 Å². The third-order valence-corrected chi connectivity index (χ3v) is 0.320. The Kier molecular flexibility index (Phi) is 2.15. The summed E-state index contributed by atoms with van der Waals surface area (Å²) in [5.74, 6) is 0. The largest absolute Gasteiger partial charge is 0.562 e. The summed E-state index contributed by atoms with van der Waals surface area (Å²) in [6.45, 7) is 2.49. The number of alkyl halides is 3. The lowest BCUT2D eigenvalue weighted by Gasteiger charge is -1.98. The van der Waals surface area contributed by atoms with Crippen LogP contribution in [-0.4, -0.2) is 6.36 Å². The van der Waals surface area contributed by atoms with Crippen molar-refractivity contribution >= 4 is 0 Å². The first-order valence-corrected chi connectivity index (χ1v) is 1.98.